The Labute approximate surface area is 333 Å². The van der Waals surface area contributed by atoms with Gasteiger partial charge in [-0.2, -0.15) is 0 Å². The van der Waals surface area contributed by atoms with Gasteiger partial charge < -0.3 is 0 Å². The standard InChI is InChI=1S/C52H54N4/c1-7-23-41(24-8-1)51(42-25-9-2-10-26-42,43-27-11-3-12-28-43)55-49-37-21-19-35-47(49)53-39-40-54-48-36-20-22-38-50(48)56-52(44-29-13-4-14-30-44,45-31-15-5-16-32-45)46-33-17-6-18-34-46/h1-18,23-34,39-40,47-50,55-56H,19-22,35-38H2/b53-39+,54-40+/t47-,48?,49-,50-/m1/s1. The van der Waals surface area contributed by atoms with E-state index in [1.165, 1.54) is 59.1 Å². The topological polar surface area (TPSA) is 48.8 Å². The molecule has 2 aliphatic rings. The van der Waals surface area contributed by atoms with Crippen molar-refractivity contribution in [2.45, 2.75) is 86.6 Å². The van der Waals surface area contributed by atoms with E-state index < -0.39 is 11.1 Å². The lowest BCUT2D eigenvalue weighted by Gasteiger charge is -2.43. The summed E-state index contributed by atoms with van der Waals surface area (Å²) in [6, 6.07) is 66.3. The first-order valence-corrected chi connectivity index (χ1v) is 20.7. The van der Waals surface area contributed by atoms with Gasteiger partial charge >= 0.3 is 0 Å². The summed E-state index contributed by atoms with van der Waals surface area (Å²) in [5.41, 5.74) is 6.39. The average Bonchev–Trinajstić information content (AvgIpc) is 3.29. The number of rotatable bonds is 13. The minimum atomic E-state index is -0.516. The number of hydrogen-bond donors (Lipinski definition) is 2. The van der Waals surface area contributed by atoms with E-state index in [1.807, 2.05) is 12.4 Å². The van der Waals surface area contributed by atoms with Crippen molar-refractivity contribution in [3.05, 3.63) is 215 Å². The zero-order valence-electron chi connectivity index (χ0n) is 32.3. The molecular weight excluding hydrogens is 681 g/mol. The second kappa shape index (κ2) is 18.0. The lowest BCUT2D eigenvalue weighted by atomic mass is 9.75. The molecule has 0 amide bonds. The van der Waals surface area contributed by atoms with Crippen LogP contribution in [0.25, 0.3) is 0 Å². The summed E-state index contributed by atoms with van der Waals surface area (Å²) in [5.74, 6) is 0. The SMILES string of the molecule is C(/C=N/[C@@H]1CCCC[C@H]1NC(c1ccccc1)(c1ccccc1)c1ccccc1)=N\C1CCCC[C@H]1NC(c1ccccc1)(c1ccccc1)c1ccccc1. The summed E-state index contributed by atoms with van der Waals surface area (Å²) in [6.45, 7) is 0. The summed E-state index contributed by atoms with van der Waals surface area (Å²) < 4.78 is 0. The normalized spacial score (nSPS) is 20.6. The van der Waals surface area contributed by atoms with Crippen LogP contribution in [0.1, 0.15) is 84.7 Å². The molecule has 2 aliphatic carbocycles. The number of aliphatic imine (C=N–C) groups is 2. The number of nitrogens with zero attached hydrogens (tertiary/aromatic N) is 2. The van der Waals surface area contributed by atoms with E-state index in [-0.39, 0.29) is 24.2 Å². The van der Waals surface area contributed by atoms with Crippen LogP contribution in [-0.4, -0.2) is 36.6 Å². The maximum atomic E-state index is 5.30. The highest BCUT2D eigenvalue weighted by molar-refractivity contribution is 6.16. The minimum absolute atomic E-state index is 0.146. The predicted octanol–water partition coefficient (Wildman–Crippen LogP) is 10.9. The molecule has 4 heteroatoms. The van der Waals surface area contributed by atoms with Crippen LogP contribution in [0.3, 0.4) is 0 Å². The molecule has 0 aromatic heterocycles. The molecule has 4 nitrogen and oxygen atoms in total. The van der Waals surface area contributed by atoms with E-state index in [0.29, 0.717) is 0 Å². The molecule has 0 heterocycles. The van der Waals surface area contributed by atoms with Crippen LogP contribution in [0.15, 0.2) is 192 Å². The maximum absolute atomic E-state index is 5.30. The Hall–Kier alpha value is -5.42. The van der Waals surface area contributed by atoms with Crippen molar-refractivity contribution in [1.82, 2.24) is 10.6 Å². The van der Waals surface area contributed by atoms with Crippen LogP contribution in [0, 0.1) is 0 Å². The van der Waals surface area contributed by atoms with Gasteiger partial charge in [-0.25, -0.2) is 0 Å². The van der Waals surface area contributed by atoms with Crippen LogP contribution in [0.5, 0.6) is 0 Å². The van der Waals surface area contributed by atoms with Gasteiger partial charge in [-0.05, 0) is 59.1 Å². The summed E-state index contributed by atoms with van der Waals surface area (Å²) in [6.07, 6.45) is 13.0. The van der Waals surface area contributed by atoms with Gasteiger partial charge in [0.15, 0.2) is 0 Å². The predicted molar refractivity (Wildman–Crippen MR) is 234 cm³/mol. The molecule has 6 aromatic carbocycles. The lowest BCUT2D eigenvalue weighted by Crippen LogP contribution is -2.54. The van der Waals surface area contributed by atoms with Crippen molar-refractivity contribution in [2.24, 2.45) is 9.98 Å². The second-order valence-electron chi connectivity index (χ2n) is 15.5. The quantitative estimate of drug-likeness (QED) is 0.0917. The van der Waals surface area contributed by atoms with Gasteiger partial charge in [-0.15, -0.1) is 0 Å². The molecule has 282 valence electrons. The van der Waals surface area contributed by atoms with E-state index in [1.54, 1.807) is 0 Å². The molecule has 0 saturated heterocycles. The van der Waals surface area contributed by atoms with Gasteiger partial charge in [0, 0.05) is 24.5 Å². The summed E-state index contributed by atoms with van der Waals surface area (Å²) >= 11 is 0. The van der Waals surface area contributed by atoms with Crippen LogP contribution < -0.4 is 10.6 Å². The van der Waals surface area contributed by atoms with Crippen molar-refractivity contribution in [1.29, 1.82) is 0 Å². The van der Waals surface area contributed by atoms with Gasteiger partial charge in [-0.3, -0.25) is 20.6 Å². The van der Waals surface area contributed by atoms with E-state index >= 15 is 0 Å². The van der Waals surface area contributed by atoms with Gasteiger partial charge in [0.05, 0.1) is 23.2 Å². The van der Waals surface area contributed by atoms with E-state index in [2.05, 4.69) is 193 Å². The van der Waals surface area contributed by atoms with Crippen molar-refractivity contribution in [3.8, 4) is 0 Å². The third-order valence-corrected chi connectivity index (χ3v) is 12.1. The molecule has 2 fully saturated rings. The van der Waals surface area contributed by atoms with Gasteiger partial charge in [0.2, 0.25) is 0 Å². The lowest BCUT2D eigenvalue weighted by molar-refractivity contribution is 0.281. The van der Waals surface area contributed by atoms with Gasteiger partial charge in [0.1, 0.15) is 0 Å². The summed E-state index contributed by atoms with van der Waals surface area (Å²) in [5, 5.41) is 8.54. The molecule has 8 rings (SSSR count). The maximum Gasteiger partial charge on any atom is 0.0950 e. The van der Waals surface area contributed by atoms with Crippen molar-refractivity contribution in [3.63, 3.8) is 0 Å². The van der Waals surface area contributed by atoms with Crippen LogP contribution >= 0.6 is 0 Å². The fourth-order valence-corrected chi connectivity index (χ4v) is 9.40. The first-order valence-electron chi connectivity index (χ1n) is 20.7. The van der Waals surface area contributed by atoms with Crippen LogP contribution in [0.4, 0.5) is 0 Å². The van der Waals surface area contributed by atoms with E-state index in [4.69, 9.17) is 9.98 Å². The molecule has 0 radical (unpaired) electrons. The van der Waals surface area contributed by atoms with Gasteiger partial charge in [0.25, 0.3) is 0 Å². The molecule has 0 aliphatic heterocycles. The largest absolute Gasteiger partial charge is 0.295 e. The average molecular weight is 735 g/mol. The molecular formula is C52H54N4. The number of nitrogens with one attached hydrogen (secondary N) is 2. The molecule has 1 unspecified atom stereocenters. The highest BCUT2D eigenvalue weighted by Crippen LogP contribution is 2.41. The monoisotopic (exact) mass is 734 g/mol. The summed E-state index contributed by atoms with van der Waals surface area (Å²) in [4.78, 5) is 10.6. The fraction of sp³-hybridized carbons (Fsp3) is 0.269. The molecule has 0 spiro atoms. The Balaban J connectivity index is 1.08. The molecule has 2 saturated carbocycles. The Bertz CT molecular complexity index is 1770. The Morgan fingerprint density at radius 2 is 0.571 bits per heavy atom. The molecule has 2 N–H and O–H groups in total. The molecule has 6 aromatic rings. The van der Waals surface area contributed by atoms with Crippen LogP contribution in [-0.2, 0) is 11.1 Å². The second-order valence-corrected chi connectivity index (χ2v) is 15.5. The highest BCUT2D eigenvalue weighted by Gasteiger charge is 2.42. The van der Waals surface area contributed by atoms with E-state index in [9.17, 15) is 0 Å². The zero-order chi connectivity index (χ0) is 37.9. The van der Waals surface area contributed by atoms with Crippen molar-refractivity contribution < 1.29 is 0 Å². The third-order valence-electron chi connectivity index (χ3n) is 12.1. The molecule has 0 bridgehead atoms. The summed E-state index contributed by atoms with van der Waals surface area (Å²) in [7, 11) is 0. The molecule has 56 heavy (non-hydrogen) atoms. The van der Waals surface area contributed by atoms with Crippen LogP contribution in [0.2, 0.25) is 0 Å². The number of hydrogen-bond acceptors (Lipinski definition) is 4. The minimum Gasteiger partial charge on any atom is -0.295 e. The van der Waals surface area contributed by atoms with Crippen molar-refractivity contribution in [2.75, 3.05) is 0 Å². The first kappa shape index (κ1) is 37.5. The third kappa shape index (κ3) is 7.95. The van der Waals surface area contributed by atoms with E-state index in [0.717, 1.165) is 25.7 Å². The number of benzene rings is 6. The molecule has 4 atom stereocenters. The van der Waals surface area contributed by atoms with Crippen molar-refractivity contribution >= 4 is 12.4 Å². The zero-order valence-corrected chi connectivity index (χ0v) is 32.3. The Morgan fingerprint density at radius 1 is 0.339 bits per heavy atom. The Morgan fingerprint density at radius 3 is 0.821 bits per heavy atom. The Kier molecular flexibility index (Phi) is 12.1. The first-order chi connectivity index (χ1) is 27.8. The smallest absolute Gasteiger partial charge is 0.0950 e. The fourth-order valence-electron chi connectivity index (χ4n) is 9.40. The van der Waals surface area contributed by atoms with Gasteiger partial charge in [-0.1, -0.05) is 208 Å². The highest BCUT2D eigenvalue weighted by atomic mass is 15.1.